The topological polar surface area (TPSA) is 63.1 Å². The van der Waals surface area contributed by atoms with Crippen LogP contribution in [0.25, 0.3) is 0 Å². The lowest BCUT2D eigenvalue weighted by Gasteiger charge is -2.33. The Labute approximate surface area is 88.3 Å². The Bertz CT molecular complexity index is 323. The summed E-state index contributed by atoms with van der Waals surface area (Å²) in [4.78, 5) is 17.6. The van der Waals surface area contributed by atoms with Gasteiger partial charge in [0.1, 0.15) is 19.2 Å². The number of carbonyl (C=O) groups is 1. The second-order valence-corrected chi connectivity index (χ2v) is 3.73. The molecule has 1 aromatic heterocycles. The summed E-state index contributed by atoms with van der Waals surface area (Å²) in [5.74, 6) is 0.106. The van der Waals surface area contributed by atoms with E-state index in [1.54, 1.807) is 11.0 Å². The summed E-state index contributed by atoms with van der Waals surface area (Å²) in [6.45, 7) is 4.83. The molecule has 1 atom stereocenters. The Morgan fingerprint density at radius 1 is 1.67 bits per heavy atom. The number of nitrogens with zero attached hydrogens (tertiary/aromatic N) is 4. The lowest BCUT2D eigenvalue weighted by Crippen LogP contribution is -2.53. The van der Waals surface area contributed by atoms with Gasteiger partial charge in [0.15, 0.2) is 0 Å². The second kappa shape index (κ2) is 4.39. The second-order valence-electron chi connectivity index (χ2n) is 3.73. The van der Waals surface area contributed by atoms with Crippen LogP contribution in [0, 0.1) is 0 Å². The first-order chi connectivity index (χ1) is 7.27. The maximum Gasteiger partial charge on any atom is 0.244 e. The zero-order valence-electron chi connectivity index (χ0n) is 8.76. The molecule has 6 nitrogen and oxygen atoms in total. The van der Waals surface area contributed by atoms with Gasteiger partial charge in [0.05, 0.1) is 0 Å². The van der Waals surface area contributed by atoms with Crippen LogP contribution in [0.3, 0.4) is 0 Å². The molecule has 0 unspecified atom stereocenters. The molecule has 1 aliphatic heterocycles. The van der Waals surface area contributed by atoms with Crippen molar-refractivity contribution in [2.24, 2.45) is 0 Å². The molecule has 82 valence electrons. The van der Waals surface area contributed by atoms with Gasteiger partial charge < -0.3 is 10.2 Å². The molecule has 1 aromatic rings. The normalized spacial score (nSPS) is 21.7. The van der Waals surface area contributed by atoms with Gasteiger partial charge in [0, 0.05) is 25.7 Å². The predicted molar refractivity (Wildman–Crippen MR) is 54.1 cm³/mol. The van der Waals surface area contributed by atoms with Crippen molar-refractivity contribution < 1.29 is 4.79 Å². The largest absolute Gasteiger partial charge is 0.336 e. The van der Waals surface area contributed by atoms with Gasteiger partial charge in [-0.25, -0.2) is 9.67 Å². The minimum absolute atomic E-state index is 0.106. The van der Waals surface area contributed by atoms with E-state index in [9.17, 15) is 4.79 Å². The number of nitrogens with one attached hydrogen (secondary N) is 1. The molecule has 1 saturated heterocycles. The number of hydrogen-bond acceptors (Lipinski definition) is 4. The van der Waals surface area contributed by atoms with Gasteiger partial charge in [-0.05, 0) is 6.92 Å². The molecule has 6 heteroatoms. The summed E-state index contributed by atoms with van der Waals surface area (Å²) < 4.78 is 1.55. The molecule has 15 heavy (non-hydrogen) atoms. The Morgan fingerprint density at radius 2 is 2.53 bits per heavy atom. The smallest absolute Gasteiger partial charge is 0.244 e. The summed E-state index contributed by atoms with van der Waals surface area (Å²) >= 11 is 0. The average molecular weight is 209 g/mol. The standard InChI is InChI=1S/C9H15N5O/c1-8-4-10-2-3-14(8)9(15)5-13-7-11-6-12-13/h6-8,10H,2-5H2,1H3/t8-/m1/s1. The number of hydrogen-bond donors (Lipinski definition) is 1. The average Bonchev–Trinajstić information content (AvgIpc) is 2.71. The summed E-state index contributed by atoms with van der Waals surface area (Å²) in [6.07, 6.45) is 3.00. The minimum atomic E-state index is 0.106. The van der Waals surface area contributed by atoms with E-state index < -0.39 is 0 Å². The van der Waals surface area contributed by atoms with E-state index in [0.717, 1.165) is 19.6 Å². The molecule has 1 aliphatic rings. The molecule has 0 aliphatic carbocycles. The number of amides is 1. The molecule has 1 amide bonds. The fraction of sp³-hybridized carbons (Fsp3) is 0.667. The monoisotopic (exact) mass is 209 g/mol. The fourth-order valence-electron chi connectivity index (χ4n) is 1.76. The first-order valence-corrected chi connectivity index (χ1v) is 5.10. The summed E-state index contributed by atoms with van der Waals surface area (Å²) in [7, 11) is 0. The molecule has 0 spiro atoms. The van der Waals surface area contributed by atoms with Crippen molar-refractivity contribution >= 4 is 5.91 Å². The first-order valence-electron chi connectivity index (χ1n) is 5.10. The van der Waals surface area contributed by atoms with Crippen LogP contribution in [0.4, 0.5) is 0 Å². The van der Waals surface area contributed by atoms with E-state index in [1.165, 1.54) is 6.33 Å². The van der Waals surface area contributed by atoms with E-state index in [0.29, 0.717) is 0 Å². The molecule has 1 fully saturated rings. The Hall–Kier alpha value is -1.43. The maximum atomic E-state index is 11.9. The van der Waals surface area contributed by atoms with Gasteiger partial charge in [0.25, 0.3) is 0 Å². The SMILES string of the molecule is C[C@@H]1CNCCN1C(=O)Cn1cncn1. The molecular weight excluding hydrogens is 194 g/mol. The molecule has 0 radical (unpaired) electrons. The lowest BCUT2D eigenvalue weighted by molar-refractivity contribution is -0.134. The van der Waals surface area contributed by atoms with Gasteiger partial charge in [-0.3, -0.25) is 4.79 Å². The van der Waals surface area contributed by atoms with Crippen LogP contribution < -0.4 is 5.32 Å². The molecule has 0 bridgehead atoms. The van der Waals surface area contributed by atoms with Crippen molar-refractivity contribution in [1.29, 1.82) is 0 Å². The van der Waals surface area contributed by atoms with Gasteiger partial charge in [-0.15, -0.1) is 0 Å². The summed E-state index contributed by atoms with van der Waals surface area (Å²) in [5.41, 5.74) is 0. The predicted octanol–water partition coefficient (Wildman–Crippen LogP) is -0.902. The van der Waals surface area contributed by atoms with Crippen LogP contribution in [-0.4, -0.2) is 51.2 Å². The van der Waals surface area contributed by atoms with Crippen LogP contribution in [0.1, 0.15) is 6.92 Å². The van der Waals surface area contributed by atoms with Crippen molar-refractivity contribution in [3.63, 3.8) is 0 Å². The van der Waals surface area contributed by atoms with Crippen LogP contribution in [0.2, 0.25) is 0 Å². The van der Waals surface area contributed by atoms with Gasteiger partial charge in [-0.1, -0.05) is 0 Å². The van der Waals surface area contributed by atoms with Crippen molar-refractivity contribution in [2.45, 2.75) is 19.5 Å². The number of aromatic nitrogens is 3. The van der Waals surface area contributed by atoms with Crippen molar-refractivity contribution in [3.8, 4) is 0 Å². The summed E-state index contributed by atoms with van der Waals surface area (Å²) in [5, 5.41) is 7.17. The van der Waals surface area contributed by atoms with Crippen LogP contribution in [0.5, 0.6) is 0 Å². The Balaban J connectivity index is 1.95. The molecule has 0 saturated carbocycles. The summed E-state index contributed by atoms with van der Waals surface area (Å²) in [6, 6.07) is 0.259. The van der Waals surface area contributed by atoms with Crippen molar-refractivity contribution in [3.05, 3.63) is 12.7 Å². The lowest BCUT2D eigenvalue weighted by atomic mass is 10.2. The van der Waals surface area contributed by atoms with Gasteiger partial charge >= 0.3 is 0 Å². The van der Waals surface area contributed by atoms with E-state index in [-0.39, 0.29) is 18.5 Å². The zero-order valence-corrected chi connectivity index (χ0v) is 8.76. The zero-order chi connectivity index (χ0) is 10.7. The van der Waals surface area contributed by atoms with Crippen LogP contribution in [0.15, 0.2) is 12.7 Å². The van der Waals surface area contributed by atoms with E-state index >= 15 is 0 Å². The van der Waals surface area contributed by atoms with Crippen molar-refractivity contribution in [1.82, 2.24) is 25.0 Å². The third-order valence-electron chi connectivity index (χ3n) is 2.59. The first kappa shape index (κ1) is 10.1. The third kappa shape index (κ3) is 2.33. The highest BCUT2D eigenvalue weighted by atomic mass is 16.2. The Kier molecular flexibility index (Phi) is 2.96. The fourth-order valence-corrected chi connectivity index (χ4v) is 1.76. The van der Waals surface area contributed by atoms with Crippen LogP contribution in [-0.2, 0) is 11.3 Å². The van der Waals surface area contributed by atoms with Gasteiger partial charge in [0.2, 0.25) is 5.91 Å². The molecular formula is C9H15N5O. The Morgan fingerprint density at radius 3 is 3.20 bits per heavy atom. The quantitative estimate of drug-likeness (QED) is 0.685. The third-order valence-corrected chi connectivity index (χ3v) is 2.59. The molecule has 2 heterocycles. The highest BCUT2D eigenvalue weighted by Gasteiger charge is 2.22. The minimum Gasteiger partial charge on any atom is -0.336 e. The highest BCUT2D eigenvalue weighted by molar-refractivity contribution is 5.76. The van der Waals surface area contributed by atoms with E-state index in [4.69, 9.17) is 0 Å². The number of carbonyl (C=O) groups excluding carboxylic acids is 1. The maximum absolute atomic E-state index is 11.9. The van der Waals surface area contributed by atoms with E-state index in [1.807, 2.05) is 11.8 Å². The molecule has 1 N–H and O–H groups in total. The molecule has 0 aromatic carbocycles. The molecule has 2 rings (SSSR count). The van der Waals surface area contributed by atoms with E-state index in [2.05, 4.69) is 15.4 Å². The van der Waals surface area contributed by atoms with Crippen LogP contribution >= 0.6 is 0 Å². The highest BCUT2D eigenvalue weighted by Crippen LogP contribution is 2.03. The van der Waals surface area contributed by atoms with Gasteiger partial charge in [-0.2, -0.15) is 5.10 Å². The number of piperazine rings is 1. The number of rotatable bonds is 2. The van der Waals surface area contributed by atoms with Crippen molar-refractivity contribution in [2.75, 3.05) is 19.6 Å².